The van der Waals surface area contributed by atoms with E-state index in [9.17, 15) is 4.79 Å². The van der Waals surface area contributed by atoms with E-state index in [1.165, 1.54) is 6.92 Å². The number of nitrogens with one attached hydrogen (secondary N) is 3. The fourth-order valence-corrected chi connectivity index (χ4v) is 2.47. The van der Waals surface area contributed by atoms with Crippen molar-refractivity contribution < 1.29 is 4.79 Å². The highest BCUT2D eigenvalue weighted by Crippen LogP contribution is 2.23. The second-order valence-corrected chi connectivity index (χ2v) is 6.36. The van der Waals surface area contributed by atoms with E-state index in [0.717, 1.165) is 22.8 Å². The van der Waals surface area contributed by atoms with Gasteiger partial charge in [-0.1, -0.05) is 6.07 Å². The molecule has 1 amide bonds. The molecule has 27 heavy (non-hydrogen) atoms. The number of nitrogens with zero attached hydrogens (tertiary/aromatic N) is 3. The average Bonchev–Trinajstić information content (AvgIpc) is 2.63. The zero-order chi connectivity index (χ0) is 19.2. The zero-order valence-corrected chi connectivity index (χ0v) is 15.5. The molecule has 2 heterocycles. The van der Waals surface area contributed by atoms with Crippen LogP contribution < -0.4 is 16.0 Å². The Hall–Kier alpha value is -3.48. The van der Waals surface area contributed by atoms with Crippen molar-refractivity contribution in [3.63, 3.8) is 0 Å². The van der Waals surface area contributed by atoms with Crippen LogP contribution in [0.25, 0.3) is 11.4 Å². The number of hydrogen-bond acceptors (Lipinski definition) is 6. The molecule has 0 aliphatic heterocycles. The second-order valence-electron chi connectivity index (χ2n) is 6.36. The highest BCUT2D eigenvalue weighted by atomic mass is 16.1. The van der Waals surface area contributed by atoms with Crippen LogP contribution in [0.3, 0.4) is 0 Å². The molecule has 3 rings (SSSR count). The number of pyridine rings is 1. The minimum absolute atomic E-state index is 0.101. The Balaban J connectivity index is 1.88. The van der Waals surface area contributed by atoms with Gasteiger partial charge >= 0.3 is 0 Å². The maximum absolute atomic E-state index is 11.1. The van der Waals surface area contributed by atoms with Gasteiger partial charge in [-0.2, -0.15) is 4.98 Å². The molecule has 2 aromatic heterocycles. The van der Waals surface area contributed by atoms with Crippen molar-refractivity contribution >= 4 is 29.0 Å². The zero-order valence-electron chi connectivity index (χ0n) is 15.5. The average molecular weight is 362 g/mol. The van der Waals surface area contributed by atoms with Gasteiger partial charge in [0.1, 0.15) is 5.82 Å². The molecule has 7 heteroatoms. The molecule has 0 radical (unpaired) electrons. The second kappa shape index (κ2) is 8.27. The number of benzene rings is 1. The van der Waals surface area contributed by atoms with E-state index < -0.39 is 0 Å². The SMILES string of the molecule is CC(=O)Nc1ccc(Nc2cc(-c3ccccn3)nc(NC(C)C)n2)cc1. The third-order valence-electron chi connectivity index (χ3n) is 3.55. The first-order valence-electron chi connectivity index (χ1n) is 8.71. The summed E-state index contributed by atoms with van der Waals surface area (Å²) in [6.45, 7) is 5.55. The van der Waals surface area contributed by atoms with Crippen LogP contribution in [-0.4, -0.2) is 26.9 Å². The summed E-state index contributed by atoms with van der Waals surface area (Å²) in [7, 11) is 0. The molecule has 3 N–H and O–H groups in total. The smallest absolute Gasteiger partial charge is 0.225 e. The summed E-state index contributed by atoms with van der Waals surface area (Å²) in [6.07, 6.45) is 1.74. The summed E-state index contributed by atoms with van der Waals surface area (Å²) in [5, 5.41) is 9.26. The molecule has 0 unspecified atom stereocenters. The molecule has 0 spiro atoms. The molecule has 7 nitrogen and oxygen atoms in total. The Morgan fingerprint density at radius 1 is 0.963 bits per heavy atom. The van der Waals surface area contributed by atoms with Crippen LogP contribution in [0.1, 0.15) is 20.8 Å². The lowest BCUT2D eigenvalue weighted by molar-refractivity contribution is -0.114. The van der Waals surface area contributed by atoms with E-state index in [-0.39, 0.29) is 11.9 Å². The molecule has 0 saturated carbocycles. The Morgan fingerprint density at radius 3 is 2.33 bits per heavy atom. The number of rotatable bonds is 6. The summed E-state index contributed by atoms with van der Waals surface area (Å²) >= 11 is 0. The fourth-order valence-electron chi connectivity index (χ4n) is 2.47. The van der Waals surface area contributed by atoms with Crippen LogP contribution in [0.5, 0.6) is 0 Å². The quantitative estimate of drug-likeness (QED) is 0.612. The number of anilines is 4. The molecule has 0 saturated heterocycles. The highest BCUT2D eigenvalue weighted by molar-refractivity contribution is 5.88. The van der Waals surface area contributed by atoms with Crippen LogP contribution in [0.2, 0.25) is 0 Å². The van der Waals surface area contributed by atoms with Crippen molar-refractivity contribution in [2.24, 2.45) is 0 Å². The molecule has 0 aliphatic rings. The standard InChI is InChI=1S/C20H22N6O/c1-13(2)22-20-25-18(17-6-4-5-11-21-17)12-19(26-20)24-16-9-7-15(8-10-16)23-14(3)27/h4-13H,1-3H3,(H,23,27)(H2,22,24,25,26). The molecular weight excluding hydrogens is 340 g/mol. The van der Waals surface area contributed by atoms with E-state index in [1.54, 1.807) is 6.20 Å². The first-order chi connectivity index (χ1) is 13.0. The lowest BCUT2D eigenvalue weighted by atomic mass is 10.2. The molecule has 0 fully saturated rings. The van der Waals surface area contributed by atoms with Gasteiger partial charge in [0.05, 0.1) is 11.4 Å². The van der Waals surface area contributed by atoms with Crippen LogP contribution in [-0.2, 0) is 4.79 Å². The van der Waals surface area contributed by atoms with Gasteiger partial charge in [0.25, 0.3) is 0 Å². The molecule has 3 aromatic rings. The van der Waals surface area contributed by atoms with Crippen LogP contribution in [0.4, 0.5) is 23.1 Å². The molecule has 0 atom stereocenters. The normalized spacial score (nSPS) is 10.5. The minimum atomic E-state index is -0.101. The maximum atomic E-state index is 11.1. The van der Waals surface area contributed by atoms with Crippen LogP contribution in [0.15, 0.2) is 54.7 Å². The largest absolute Gasteiger partial charge is 0.352 e. The summed E-state index contributed by atoms with van der Waals surface area (Å²) in [4.78, 5) is 24.6. The van der Waals surface area contributed by atoms with Gasteiger partial charge in [-0.05, 0) is 50.2 Å². The Kier molecular flexibility index (Phi) is 5.61. The van der Waals surface area contributed by atoms with Gasteiger partial charge in [0.2, 0.25) is 11.9 Å². The number of aromatic nitrogens is 3. The summed E-state index contributed by atoms with van der Waals surface area (Å²) < 4.78 is 0. The van der Waals surface area contributed by atoms with Gasteiger partial charge in [-0.15, -0.1) is 0 Å². The first-order valence-corrected chi connectivity index (χ1v) is 8.71. The van der Waals surface area contributed by atoms with E-state index in [0.29, 0.717) is 11.8 Å². The van der Waals surface area contributed by atoms with E-state index in [4.69, 9.17) is 0 Å². The summed E-state index contributed by atoms with van der Waals surface area (Å²) in [5.74, 6) is 1.09. The first kappa shape index (κ1) is 18.3. The Labute approximate surface area is 158 Å². The van der Waals surface area contributed by atoms with Crippen LogP contribution in [0, 0.1) is 0 Å². The van der Waals surface area contributed by atoms with E-state index in [1.807, 2.05) is 62.4 Å². The predicted molar refractivity (Wildman–Crippen MR) is 108 cm³/mol. The topological polar surface area (TPSA) is 91.8 Å². The van der Waals surface area contributed by atoms with Crippen LogP contribution >= 0.6 is 0 Å². The van der Waals surface area contributed by atoms with E-state index in [2.05, 4.69) is 30.9 Å². The molecule has 0 bridgehead atoms. The lowest BCUT2D eigenvalue weighted by Gasteiger charge is -2.13. The molecular formula is C20H22N6O. The van der Waals surface area contributed by atoms with Gasteiger partial charge in [-0.25, -0.2) is 4.98 Å². The highest BCUT2D eigenvalue weighted by Gasteiger charge is 2.09. The Bertz CT molecular complexity index is 910. The number of carbonyl (C=O) groups is 1. The minimum Gasteiger partial charge on any atom is -0.352 e. The predicted octanol–water partition coefficient (Wildman–Crippen LogP) is 4.06. The van der Waals surface area contributed by atoms with E-state index >= 15 is 0 Å². The summed E-state index contributed by atoms with van der Waals surface area (Å²) in [5.41, 5.74) is 3.10. The van der Waals surface area contributed by atoms with Gasteiger partial charge in [0.15, 0.2) is 0 Å². The maximum Gasteiger partial charge on any atom is 0.225 e. The summed E-state index contributed by atoms with van der Waals surface area (Å²) in [6, 6.07) is 15.2. The molecule has 138 valence electrons. The van der Waals surface area contributed by atoms with Crippen molar-refractivity contribution in [3.05, 3.63) is 54.7 Å². The van der Waals surface area contributed by atoms with Gasteiger partial charge < -0.3 is 16.0 Å². The number of amides is 1. The van der Waals surface area contributed by atoms with Crippen molar-refractivity contribution in [2.45, 2.75) is 26.8 Å². The van der Waals surface area contributed by atoms with Crippen molar-refractivity contribution in [1.82, 2.24) is 15.0 Å². The third-order valence-corrected chi connectivity index (χ3v) is 3.55. The Morgan fingerprint density at radius 2 is 1.70 bits per heavy atom. The molecule has 0 aliphatic carbocycles. The monoisotopic (exact) mass is 362 g/mol. The number of hydrogen-bond donors (Lipinski definition) is 3. The van der Waals surface area contributed by atoms with Gasteiger partial charge in [-0.3, -0.25) is 9.78 Å². The molecule has 1 aromatic carbocycles. The number of carbonyl (C=O) groups excluding carboxylic acids is 1. The van der Waals surface area contributed by atoms with Crippen molar-refractivity contribution in [2.75, 3.05) is 16.0 Å². The van der Waals surface area contributed by atoms with Crippen molar-refractivity contribution in [3.8, 4) is 11.4 Å². The third kappa shape index (κ3) is 5.24. The fraction of sp³-hybridized carbons (Fsp3) is 0.200. The van der Waals surface area contributed by atoms with Gasteiger partial charge in [0, 0.05) is 36.6 Å². The van der Waals surface area contributed by atoms with Crippen molar-refractivity contribution in [1.29, 1.82) is 0 Å². The lowest BCUT2D eigenvalue weighted by Crippen LogP contribution is -2.13.